The van der Waals surface area contributed by atoms with Gasteiger partial charge in [0.1, 0.15) is 12.4 Å². The molecule has 0 bridgehead atoms. The van der Waals surface area contributed by atoms with Crippen molar-refractivity contribution < 1.29 is 18.3 Å². The molecule has 17 heavy (non-hydrogen) atoms. The number of nitrogens with two attached hydrogens (primary N) is 1. The number of hydrogen-bond donors (Lipinski definition) is 2. The molecule has 0 spiro atoms. The topological polar surface area (TPSA) is 76.7 Å². The monoisotopic (exact) mass is 243 g/mol. The summed E-state index contributed by atoms with van der Waals surface area (Å²) in [5.74, 6) is 0.253. The Balaban J connectivity index is 2.70. The van der Waals surface area contributed by atoms with Crippen molar-refractivity contribution in [2.75, 3.05) is 6.61 Å². The number of rotatable bonds is 5. The zero-order valence-corrected chi connectivity index (χ0v) is 8.77. The Morgan fingerprint density at radius 1 is 1.53 bits per heavy atom. The summed E-state index contributed by atoms with van der Waals surface area (Å²) in [6, 6.07) is 5.63. The third-order valence-electron chi connectivity index (χ3n) is 1.66. The van der Waals surface area contributed by atoms with Gasteiger partial charge in [-0.2, -0.15) is 5.10 Å². The Bertz CT molecular complexity index is 410. The summed E-state index contributed by atoms with van der Waals surface area (Å²) in [5, 5.41) is 3.51. The van der Waals surface area contributed by atoms with E-state index in [9.17, 15) is 13.6 Å². The van der Waals surface area contributed by atoms with Gasteiger partial charge in [-0.05, 0) is 12.1 Å². The number of benzene rings is 1. The second kappa shape index (κ2) is 6.41. The zero-order chi connectivity index (χ0) is 12.7. The quantitative estimate of drug-likeness (QED) is 0.604. The van der Waals surface area contributed by atoms with Crippen LogP contribution in [0.3, 0.4) is 0 Å². The maximum atomic E-state index is 12.0. The Morgan fingerprint density at radius 3 is 2.88 bits per heavy atom. The highest BCUT2D eigenvalue weighted by Crippen LogP contribution is 2.16. The van der Waals surface area contributed by atoms with Crippen LogP contribution in [0, 0.1) is 0 Å². The van der Waals surface area contributed by atoms with E-state index in [2.05, 4.69) is 5.10 Å². The molecule has 0 saturated heterocycles. The third kappa shape index (κ3) is 4.92. The lowest BCUT2D eigenvalue weighted by atomic mass is 10.2. The van der Waals surface area contributed by atoms with Crippen LogP contribution in [0.5, 0.6) is 5.75 Å². The van der Waals surface area contributed by atoms with Gasteiger partial charge in [0.15, 0.2) is 0 Å². The van der Waals surface area contributed by atoms with Crippen molar-refractivity contribution in [3.8, 4) is 5.75 Å². The number of nitrogens with zero attached hydrogens (tertiary/aromatic N) is 1. The molecule has 7 heteroatoms. The van der Waals surface area contributed by atoms with E-state index in [0.29, 0.717) is 5.56 Å². The molecular weight excluding hydrogens is 232 g/mol. The average molecular weight is 243 g/mol. The van der Waals surface area contributed by atoms with Crippen LogP contribution < -0.4 is 15.9 Å². The average Bonchev–Trinajstić information content (AvgIpc) is 2.27. The molecule has 0 aliphatic carbocycles. The van der Waals surface area contributed by atoms with Crippen molar-refractivity contribution in [1.29, 1.82) is 0 Å². The van der Waals surface area contributed by atoms with Gasteiger partial charge < -0.3 is 10.5 Å². The minimum atomic E-state index is -2.55. The minimum absolute atomic E-state index is 0.253. The van der Waals surface area contributed by atoms with Gasteiger partial charge >= 0.3 is 6.03 Å². The van der Waals surface area contributed by atoms with E-state index < -0.39 is 19.1 Å². The van der Waals surface area contributed by atoms with Gasteiger partial charge in [0.2, 0.25) is 0 Å². The molecule has 0 radical (unpaired) electrons. The molecule has 1 aromatic rings. The lowest BCUT2D eigenvalue weighted by Crippen LogP contribution is -2.24. The van der Waals surface area contributed by atoms with Crippen molar-refractivity contribution >= 4 is 12.2 Å². The molecule has 3 N–H and O–H groups in total. The van der Waals surface area contributed by atoms with Gasteiger partial charge in [0.25, 0.3) is 6.43 Å². The molecule has 1 rings (SSSR count). The van der Waals surface area contributed by atoms with Crippen LogP contribution in [0.4, 0.5) is 13.6 Å². The van der Waals surface area contributed by atoms with Crippen molar-refractivity contribution in [1.82, 2.24) is 5.43 Å². The van der Waals surface area contributed by atoms with E-state index in [1.54, 1.807) is 18.2 Å². The van der Waals surface area contributed by atoms with Gasteiger partial charge in [-0.1, -0.05) is 12.1 Å². The van der Waals surface area contributed by atoms with Crippen molar-refractivity contribution in [2.45, 2.75) is 6.43 Å². The maximum absolute atomic E-state index is 12.0. The summed E-state index contributed by atoms with van der Waals surface area (Å²) in [4.78, 5) is 10.4. The summed E-state index contributed by atoms with van der Waals surface area (Å²) in [7, 11) is 0. The summed E-state index contributed by atoms with van der Waals surface area (Å²) < 4.78 is 28.8. The standard InChI is InChI=1S/C10H11F2N3O2/c11-9(12)6-17-8-4-2-1-3-7(8)5-14-15-10(13)16/h1-5,9H,6H2,(H3,13,15,16). The second-order valence-electron chi connectivity index (χ2n) is 2.97. The van der Waals surface area contributed by atoms with Crippen LogP contribution in [0.15, 0.2) is 29.4 Å². The molecule has 0 fully saturated rings. The molecule has 1 aromatic carbocycles. The SMILES string of the molecule is NC(=O)NN=Cc1ccccc1OCC(F)F. The number of urea groups is 1. The first-order valence-corrected chi connectivity index (χ1v) is 4.68. The first-order chi connectivity index (χ1) is 8.09. The highest BCUT2D eigenvalue weighted by molar-refractivity contribution is 5.84. The first-order valence-electron chi connectivity index (χ1n) is 4.68. The normalized spacial score (nSPS) is 10.8. The summed E-state index contributed by atoms with van der Waals surface area (Å²) in [5.41, 5.74) is 7.25. The molecule has 5 nitrogen and oxygen atoms in total. The van der Waals surface area contributed by atoms with E-state index in [4.69, 9.17) is 10.5 Å². The predicted octanol–water partition coefficient (Wildman–Crippen LogP) is 1.33. The lowest BCUT2D eigenvalue weighted by molar-refractivity contribution is 0.0818. The van der Waals surface area contributed by atoms with Crippen molar-refractivity contribution in [3.05, 3.63) is 29.8 Å². The molecule has 92 valence electrons. The number of hydrazone groups is 1. The Labute approximate surface area is 96.3 Å². The van der Waals surface area contributed by atoms with Crippen molar-refractivity contribution in [3.63, 3.8) is 0 Å². The molecule has 2 amide bonds. The van der Waals surface area contributed by atoms with Crippen LogP contribution in [-0.2, 0) is 0 Å². The highest BCUT2D eigenvalue weighted by Gasteiger charge is 2.06. The van der Waals surface area contributed by atoms with Gasteiger partial charge in [-0.3, -0.25) is 0 Å². The smallest absolute Gasteiger partial charge is 0.332 e. The van der Waals surface area contributed by atoms with Crippen LogP contribution in [-0.4, -0.2) is 25.3 Å². The van der Waals surface area contributed by atoms with E-state index in [0.717, 1.165) is 0 Å². The predicted molar refractivity (Wildman–Crippen MR) is 58.3 cm³/mol. The molecule has 0 atom stereocenters. The number of alkyl halides is 2. The second-order valence-corrected chi connectivity index (χ2v) is 2.97. The number of primary amides is 1. The number of amides is 2. The zero-order valence-electron chi connectivity index (χ0n) is 8.77. The maximum Gasteiger partial charge on any atom is 0.332 e. The summed E-state index contributed by atoms with van der Waals surface area (Å²) >= 11 is 0. The van der Waals surface area contributed by atoms with E-state index in [1.807, 2.05) is 5.43 Å². The third-order valence-corrected chi connectivity index (χ3v) is 1.66. The fourth-order valence-corrected chi connectivity index (χ4v) is 1.04. The van der Waals surface area contributed by atoms with Crippen LogP contribution in [0.1, 0.15) is 5.56 Å². The minimum Gasteiger partial charge on any atom is -0.487 e. The van der Waals surface area contributed by atoms with Crippen molar-refractivity contribution in [2.24, 2.45) is 10.8 Å². The highest BCUT2D eigenvalue weighted by atomic mass is 19.3. The van der Waals surface area contributed by atoms with E-state index in [-0.39, 0.29) is 5.75 Å². The van der Waals surface area contributed by atoms with Gasteiger partial charge in [0, 0.05) is 5.56 Å². The Morgan fingerprint density at radius 2 is 2.24 bits per heavy atom. The number of carbonyl (C=O) groups is 1. The fourth-order valence-electron chi connectivity index (χ4n) is 1.04. The number of halogens is 2. The van der Waals surface area contributed by atoms with E-state index >= 15 is 0 Å². The number of nitrogens with one attached hydrogen (secondary N) is 1. The fraction of sp³-hybridized carbons (Fsp3) is 0.200. The van der Waals surface area contributed by atoms with Gasteiger partial charge in [-0.15, -0.1) is 0 Å². The van der Waals surface area contributed by atoms with Gasteiger partial charge in [-0.25, -0.2) is 19.0 Å². The molecule has 0 unspecified atom stereocenters. The summed E-state index contributed by atoms with van der Waals surface area (Å²) in [6.07, 6.45) is -1.30. The number of hydrogen-bond acceptors (Lipinski definition) is 3. The molecular formula is C10H11F2N3O2. The molecule has 0 aliphatic heterocycles. The molecule has 0 heterocycles. The Hall–Kier alpha value is -2.18. The van der Waals surface area contributed by atoms with Gasteiger partial charge in [0.05, 0.1) is 6.21 Å². The molecule has 0 saturated carbocycles. The largest absolute Gasteiger partial charge is 0.487 e. The van der Waals surface area contributed by atoms with Crippen LogP contribution in [0.25, 0.3) is 0 Å². The number of ether oxygens (including phenoxy) is 1. The molecule has 0 aromatic heterocycles. The lowest BCUT2D eigenvalue weighted by Gasteiger charge is -2.07. The first kappa shape index (κ1) is 12.9. The molecule has 0 aliphatic rings. The Kier molecular flexibility index (Phi) is 4.86. The van der Waals surface area contributed by atoms with Crippen LogP contribution in [0.2, 0.25) is 0 Å². The summed E-state index contributed by atoms with van der Waals surface area (Å²) in [6.45, 7) is -0.700. The number of para-hydroxylation sites is 1. The number of carbonyl (C=O) groups excluding carboxylic acids is 1. The van der Waals surface area contributed by atoms with E-state index in [1.165, 1.54) is 12.3 Å². The van der Waals surface area contributed by atoms with Crippen LogP contribution >= 0.6 is 0 Å².